The van der Waals surface area contributed by atoms with Crippen molar-refractivity contribution in [1.82, 2.24) is 0 Å². The Labute approximate surface area is 338 Å². The number of hydrogen-bond donors (Lipinski definition) is 0. The molecule has 2 unspecified atom stereocenters. The third-order valence-electron chi connectivity index (χ3n) is 13.3. The van der Waals surface area contributed by atoms with E-state index in [0.29, 0.717) is 11.8 Å². The lowest BCUT2D eigenvalue weighted by atomic mass is 9.74. The fourth-order valence-electron chi connectivity index (χ4n) is 10.1. The van der Waals surface area contributed by atoms with Crippen LogP contribution in [0.3, 0.4) is 0 Å². The molecule has 0 bridgehead atoms. The van der Waals surface area contributed by atoms with Crippen molar-refractivity contribution in [3.63, 3.8) is 0 Å². The third kappa shape index (κ3) is 5.52. The largest absolute Gasteiger partial charge is 0.311 e. The van der Waals surface area contributed by atoms with Gasteiger partial charge in [0.05, 0.1) is 5.69 Å². The van der Waals surface area contributed by atoms with E-state index in [2.05, 4.69) is 222 Å². The van der Waals surface area contributed by atoms with Crippen LogP contribution in [-0.4, -0.2) is 0 Å². The second-order valence-corrected chi connectivity index (χ2v) is 17.7. The fourth-order valence-corrected chi connectivity index (χ4v) is 10.1. The summed E-state index contributed by atoms with van der Waals surface area (Å²) in [4.78, 5) is 4.82. The molecule has 3 aliphatic rings. The highest BCUT2D eigenvalue weighted by Crippen LogP contribution is 2.60. The molecule has 0 amide bonds. The summed E-state index contributed by atoms with van der Waals surface area (Å²) >= 11 is 0. The lowest BCUT2D eigenvalue weighted by molar-refractivity contribution is 0.394. The summed E-state index contributed by atoms with van der Waals surface area (Å²) < 4.78 is 0. The second-order valence-electron chi connectivity index (χ2n) is 17.7. The monoisotopic (exact) mass is 738 g/mol. The van der Waals surface area contributed by atoms with Gasteiger partial charge < -0.3 is 9.80 Å². The van der Waals surface area contributed by atoms with Crippen LogP contribution in [0.1, 0.15) is 72.6 Å². The molecule has 57 heavy (non-hydrogen) atoms. The maximum atomic E-state index is 2.58. The zero-order valence-electron chi connectivity index (χ0n) is 34.1. The Balaban J connectivity index is 1.15. The van der Waals surface area contributed by atoms with Crippen LogP contribution >= 0.6 is 0 Å². The maximum Gasteiger partial charge on any atom is 0.0543 e. The highest BCUT2D eigenvalue weighted by Gasteiger charge is 2.47. The molecular weight excluding hydrogens is 689 g/mol. The highest BCUT2D eigenvalue weighted by molar-refractivity contribution is 6.10. The van der Waals surface area contributed by atoms with Gasteiger partial charge in [-0.1, -0.05) is 135 Å². The molecule has 7 aromatic carbocycles. The molecule has 0 fully saturated rings. The molecule has 280 valence electrons. The number of aryl methyl sites for hydroxylation is 3. The standard InChI is InChI=1S/C55H50N2/c1-35-16-22-38(23-17-35)56(39-24-18-36(2)19-25-39)40-28-30-42(31-29-40)57(41-26-20-37(3)21-27-41)52-34-51-53(45-14-9-8-13-44(45)52)47-33-49-46(32-50(47)55(51,6)7)43-12-10-11-15-48(43)54(49,4)5/h8-34,43,48H,1-7H3. The van der Waals surface area contributed by atoms with Crippen LogP contribution in [0.2, 0.25) is 0 Å². The van der Waals surface area contributed by atoms with Gasteiger partial charge in [0.2, 0.25) is 0 Å². The Morgan fingerprint density at radius 2 is 0.930 bits per heavy atom. The van der Waals surface area contributed by atoms with Crippen molar-refractivity contribution < 1.29 is 0 Å². The van der Waals surface area contributed by atoms with E-state index in [1.807, 2.05) is 0 Å². The average Bonchev–Trinajstić information content (AvgIpc) is 3.59. The van der Waals surface area contributed by atoms with E-state index in [-0.39, 0.29) is 10.8 Å². The fraction of sp³-hybridized carbons (Fsp3) is 0.200. The zero-order valence-corrected chi connectivity index (χ0v) is 34.1. The average molecular weight is 739 g/mol. The summed E-state index contributed by atoms with van der Waals surface area (Å²) in [5.41, 5.74) is 19.1. The zero-order chi connectivity index (χ0) is 39.2. The van der Waals surface area contributed by atoms with Gasteiger partial charge in [-0.15, -0.1) is 0 Å². The van der Waals surface area contributed by atoms with Gasteiger partial charge in [-0.05, 0) is 144 Å². The van der Waals surface area contributed by atoms with E-state index in [1.165, 1.54) is 66.5 Å². The molecule has 0 spiro atoms. The van der Waals surface area contributed by atoms with Gasteiger partial charge in [-0.25, -0.2) is 0 Å². The van der Waals surface area contributed by atoms with Gasteiger partial charge in [0, 0.05) is 45.2 Å². The Bertz CT molecular complexity index is 2700. The molecule has 0 aromatic heterocycles. The predicted molar refractivity (Wildman–Crippen MR) is 243 cm³/mol. The smallest absolute Gasteiger partial charge is 0.0543 e. The van der Waals surface area contributed by atoms with Gasteiger partial charge in [-0.3, -0.25) is 0 Å². The van der Waals surface area contributed by atoms with Crippen LogP contribution in [-0.2, 0) is 10.8 Å². The van der Waals surface area contributed by atoms with Crippen molar-refractivity contribution in [3.8, 4) is 11.1 Å². The summed E-state index contributed by atoms with van der Waals surface area (Å²) in [5, 5.41) is 2.56. The molecule has 2 heteroatoms. The number of allylic oxidation sites excluding steroid dienone is 4. The van der Waals surface area contributed by atoms with Crippen LogP contribution in [0.4, 0.5) is 34.1 Å². The molecule has 0 heterocycles. The lowest BCUT2D eigenvalue weighted by Crippen LogP contribution is -2.24. The van der Waals surface area contributed by atoms with E-state index in [0.717, 1.165) is 28.4 Å². The molecule has 0 aliphatic heterocycles. The van der Waals surface area contributed by atoms with Crippen LogP contribution in [0.5, 0.6) is 0 Å². The number of hydrogen-bond acceptors (Lipinski definition) is 2. The molecule has 3 aliphatic carbocycles. The van der Waals surface area contributed by atoms with E-state index >= 15 is 0 Å². The summed E-state index contributed by atoms with van der Waals surface area (Å²) in [6.45, 7) is 16.2. The first-order valence-corrected chi connectivity index (χ1v) is 20.5. The second kappa shape index (κ2) is 13.0. The Hall–Kier alpha value is -6.12. The quantitative estimate of drug-likeness (QED) is 0.168. The van der Waals surface area contributed by atoms with Crippen molar-refractivity contribution >= 4 is 44.9 Å². The Kier molecular flexibility index (Phi) is 8.03. The first-order valence-electron chi connectivity index (χ1n) is 20.5. The van der Waals surface area contributed by atoms with Crippen LogP contribution < -0.4 is 9.80 Å². The summed E-state index contributed by atoms with van der Waals surface area (Å²) in [6.07, 6.45) is 9.35. The summed E-state index contributed by atoms with van der Waals surface area (Å²) in [5.74, 6) is 0.905. The molecule has 2 nitrogen and oxygen atoms in total. The maximum absolute atomic E-state index is 2.58. The Morgan fingerprint density at radius 3 is 1.47 bits per heavy atom. The van der Waals surface area contributed by atoms with Gasteiger partial charge in [0.25, 0.3) is 0 Å². The van der Waals surface area contributed by atoms with Crippen LogP contribution in [0.15, 0.2) is 164 Å². The van der Waals surface area contributed by atoms with E-state index in [1.54, 1.807) is 0 Å². The molecule has 0 saturated heterocycles. The number of rotatable bonds is 6. The molecule has 2 atom stereocenters. The van der Waals surface area contributed by atoms with Crippen molar-refractivity contribution in [2.24, 2.45) is 5.92 Å². The van der Waals surface area contributed by atoms with Crippen LogP contribution in [0, 0.1) is 26.7 Å². The Morgan fingerprint density at radius 1 is 0.456 bits per heavy atom. The first-order chi connectivity index (χ1) is 27.5. The van der Waals surface area contributed by atoms with E-state index in [4.69, 9.17) is 0 Å². The molecule has 10 rings (SSSR count). The molecule has 0 radical (unpaired) electrons. The van der Waals surface area contributed by atoms with E-state index in [9.17, 15) is 0 Å². The number of anilines is 6. The normalized spacial score (nSPS) is 17.9. The molecule has 0 saturated carbocycles. The van der Waals surface area contributed by atoms with Gasteiger partial charge in [0.1, 0.15) is 0 Å². The van der Waals surface area contributed by atoms with Gasteiger partial charge in [-0.2, -0.15) is 0 Å². The molecular formula is C55H50N2. The number of nitrogens with zero attached hydrogens (tertiary/aromatic N) is 2. The highest BCUT2D eigenvalue weighted by atomic mass is 15.2. The van der Waals surface area contributed by atoms with Crippen molar-refractivity contribution in [1.29, 1.82) is 0 Å². The third-order valence-corrected chi connectivity index (χ3v) is 13.3. The number of fused-ring (bicyclic) bond motifs is 8. The molecule has 7 aromatic rings. The predicted octanol–water partition coefficient (Wildman–Crippen LogP) is 15.1. The van der Waals surface area contributed by atoms with Crippen molar-refractivity contribution in [2.45, 2.75) is 65.2 Å². The topological polar surface area (TPSA) is 6.48 Å². The lowest BCUT2D eigenvalue weighted by Gasteiger charge is -2.31. The minimum absolute atomic E-state index is 0.0574. The minimum Gasteiger partial charge on any atom is -0.311 e. The first kappa shape index (κ1) is 35.3. The minimum atomic E-state index is -0.180. The van der Waals surface area contributed by atoms with Crippen LogP contribution in [0.25, 0.3) is 21.9 Å². The van der Waals surface area contributed by atoms with Crippen molar-refractivity contribution in [3.05, 3.63) is 203 Å². The molecule has 0 N–H and O–H groups in total. The SMILES string of the molecule is Cc1ccc(N(c2ccc(C)cc2)c2ccc(N(c3ccc(C)cc3)c3cc4c(c5ccccc35)-c3cc5c(cc3C4(C)C)C3C=CC=CC3C5(C)C)cc2)cc1. The van der Waals surface area contributed by atoms with Gasteiger partial charge in [0.15, 0.2) is 0 Å². The van der Waals surface area contributed by atoms with E-state index < -0.39 is 0 Å². The number of benzene rings is 7. The van der Waals surface area contributed by atoms with Gasteiger partial charge >= 0.3 is 0 Å². The van der Waals surface area contributed by atoms with Crippen molar-refractivity contribution in [2.75, 3.05) is 9.80 Å². The summed E-state index contributed by atoms with van der Waals surface area (Å²) in [7, 11) is 0. The summed E-state index contributed by atoms with van der Waals surface area (Å²) in [6, 6.07) is 52.5.